The number of benzene rings is 1. The topological polar surface area (TPSA) is 103 Å². The van der Waals surface area contributed by atoms with Crippen LogP contribution in [0.25, 0.3) is 0 Å². The van der Waals surface area contributed by atoms with Crippen LogP contribution in [0.2, 0.25) is 0 Å². The van der Waals surface area contributed by atoms with E-state index in [1.54, 1.807) is 6.20 Å². The molecule has 0 radical (unpaired) electrons. The number of rotatable bonds is 5. The van der Waals surface area contributed by atoms with Gasteiger partial charge in [-0.05, 0) is 38.0 Å². The standard InChI is InChI=1S/C17H19N3O5S/c1-13-5-6-16(12-18-13)25-15-7-9-19(10-8-15)26(23,24)17-4-2-3-14(11-17)20(21)22/h2-6,11-12,15H,7-10H2,1H3. The van der Waals surface area contributed by atoms with Gasteiger partial charge in [-0.1, -0.05) is 6.07 Å². The van der Waals surface area contributed by atoms with Gasteiger partial charge in [0.2, 0.25) is 10.0 Å². The predicted molar refractivity (Wildman–Crippen MR) is 94.5 cm³/mol. The number of sulfonamides is 1. The van der Waals surface area contributed by atoms with Crippen LogP contribution in [-0.2, 0) is 10.0 Å². The van der Waals surface area contributed by atoms with Crippen LogP contribution in [0.4, 0.5) is 5.69 Å². The van der Waals surface area contributed by atoms with Crippen molar-refractivity contribution in [3.8, 4) is 5.75 Å². The van der Waals surface area contributed by atoms with E-state index in [1.807, 2.05) is 19.1 Å². The summed E-state index contributed by atoms with van der Waals surface area (Å²) in [7, 11) is -3.76. The zero-order valence-corrected chi connectivity index (χ0v) is 15.1. The largest absolute Gasteiger partial charge is 0.489 e. The third kappa shape index (κ3) is 4.00. The number of nitrogens with zero attached hydrogens (tertiary/aromatic N) is 3. The van der Waals surface area contributed by atoms with E-state index in [0.29, 0.717) is 31.7 Å². The van der Waals surface area contributed by atoms with Crippen molar-refractivity contribution < 1.29 is 18.1 Å². The van der Waals surface area contributed by atoms with Crippen LogP contribution in [-0.4, -0.2) is 41.8 Å². The predicted octanol–water partition coefficient (Wildman–Crippen LogP) is 2.53. The summed E-state index contributed by atoms with van der Waals surface area (Å²) in [6.45, 7) is 2.49. The molecule has 0 atom stereocenters. The van der Waals surface area contributed by atoms with Gasteiger partial charge in [0.1, 0.15) is 11.9 Å². The molecule has 0 N–H and O–H groups in total. The molecule has 0 saturated carbocycles. The first-order valence-electron chi connectivity index (χ1n) is 8.20. The van der Waals surface area contributed by atoms with Gasteiger partial charge < -0.3 is 4.74 Å². The molecule has 138 valence electrons. The third-order valence-corrected chi connectivity index (χ3v) is 6.15. The normalized spacial score (nSPS) is 16.3. The Labute approximate surface area is 151 Å². The number of non-ortho nitro benzene ring substituents is 1. The highest BCUT2D eigenvalue weighted by Gasteiger charge is 2.31. The maximum absolute atomic E-state index is 12.7. The molecule has 1 aromatic carbocycles. The monoisotopic (exact) mass is 377 g/mol. The maximum Gasteiger partial charge on any atom is 0.270 e. The average Bonchev–Trinajstić information content (AvgIpc) is 2.64. The molecule has 1 aliphatic rings. The fourth-order valence-electron chi connectivity index (χ4n) is 2.81. The molecule has 9 heteroatoms. The zero-order chi connectivity index (χ0) is 18.7. The van der Waals surface area contributed by atoms with Gasteiger partial charge in [0.15, 0.2) is 0 Å². The quantitative estimate of drug-likeness (QED) is 0.586. The number of aryl methyl sites for hydroxylation is 1. The van der Waals surface area contributed by atoms with Crippen molar-refractivity contribution in [3.63, 3.8) is 0 Å². The van der Waals surface area contributed by atoms with Crippen LogP contribution >= 0.6 is 0 Å². The lowest BCUT2D eigenvalue weighted by molar-refractivity contribution is -0.385. The Balaban J connectivity index is 1.66. The van der Waals surface area contributed by atoms with Gasteiger partial charge in [-0.2, -0.15) is 4.31 Å². The molecule has 0 aliphatic carbocycles. The molecule has 1 saturated heterocycles. The Morgan fingerprint density at radius 1 is 1.23 bits per heavy atom. The van der Waals surface area contributed by atoms with Crippen molar-refractivity contribution in [1.29, 1.82) is 0 Å². The van der Waals surface area contributed by atoms with Gasteiger partial charge in [0, 0.05) is 30.9 Å². The molecule has 1 aliphatic heterocycles. The van der Waals surface area contributed by atoms with Crippen molar-refractivity contribution in [2.24, 2.45) is 0 Å². The van der Waals surface area contributed by atoms with E-state index in [9.17, 15) is 18.5 Å². The summed E-state index contributed by atoms with van der Waals surface area (Å²) >= 11 is 0. The van der Waals surface area contributed by atoms with E-state index in [4.69, 9.17) is 4.74 Å². The summed E-state index contributed by atoms with van der Waals surface area (Å²) in [4.78, 5) is 14.4. The van der Waals surface area contributed by atoms with E-state index < -0.39 is 14.9 Å². The lowest BCUT2D eigenvalue weighted by Crippen LogP contribution is -2.41. The molecule has 2 aromatic rings. The maximum atomic E-state index is 12.7. The van der Waals surface area contributed by atoms with Crippen LogP contribution in [0.1, 0.15) is 18.5 Å². The molecular formula is C17H19N3O5S. The van der Waals surface area contributed by atoms with Crippen LogP contribution in [0, 0.1) is 17.0 Å². The smallest absolute Gasteiger partial charge is 0.270 e. The van der Waals surface area contributed by atoms with Crippen LogP contribution in [0.15, 0.2) is 47.5 Å². The Morgan fingerprint density at radius 3 is 2.58 bits per heavy atom. The molecule has 0 amide bonds. The SMILES string of the molecule is Cc1ccc(OC2CCN(S(=O)(=O)c3cccc([N+](=O)[O-])c3)CC2)cn1. The molecule has 1 fully saturated rings. The summed E-state index contributed by atoms with van der Waals surface area (Å²) < 4.78 is 32.6. The summed E-state index contributed by atoms with van der Waals surface area (Å²) in [5.74, 6) is 0.663. The number of nitro groups is 1. The minimum absolute atomic E-state index is 0.0613. The van der Waals surface area contributed by atoms with Crippen molar-refractivity contribution in [1.82, 2.24) is 9.29 Å². The Hall–Kier alpha value is -2.52. The van der Waals surface area contributed by atoms with E-state index in [-0.39, 0.29) is 16.7 Å². The molecular weight excluding hydrogens is 358 g/mol. The first-order chi connectivity index (χ1) is 12.4. The lowest BCUT2D eigenvalue weighted by atomic mass is 10.1. The second-order valence-electron chi connectivity index (χ2n) is 6.11. The second kappa shape index (κ2) is 7.38. The minimum Gasteiger partial charge on any atom is -0.489 e. The first kappa shape index (κ1) is 18.3. The van der Waals surface area contributed by atoms with Crippen molar-refractivity contribution in [2.75, 3.05) is 13.1 Å². The van der Waals surface area contributed by atoms with E-state index >= 15 is 0 Å². The van der Waals surface area contributed by atoms with Crippen molar-refractivity contribution in [3.05, 3.63) is 58.4 Å². The second-order valence-corrected chi connectivity index (χ2v) is 8.05. The number of pyridine rings is 1. The van der Waals surface area contributed by atoms with Gasteiger partial charge in [-0.15, -0.1) is 0 Å². The number of aromatic nitrogens is 1. The summed E-state index contributed by atoms with van der Waals surface area (Å²) in [5, 5.41) is 10.9. The molecule has 0 unspecified atom stereocenters. The average molecular weight is 377 g/mol. The molecule has 26 heavy (non-hydrogen) atoms. The first-order valence-corrected chi connectivity index (χ1v) is 9.64. The highest BCUT2D eigenvalue weighted by molar-refractivity contribution is 7.89. The minimum atomic E-state index is -3.76. The number of piperidine rings is 1. The summed E-state index contributed by atoms with van der Waals surface area (Å²) in [6.07, 6.45) is 2.65. The fourth-order valence-corrected chi connectivity index (χ4v) is 4.32. The molecule has 2 heterocycles. The number of nitro benzene ring substituents is 1. The van der Waals surface area contributed by atoms with E-state index in [0.717, 1.165) is 11.8 Å². The van der Waals surface area contributed by atoms with Gasteiger partial charge in [0.05, 0.1) is 16.0 Å². The number of hydrogen-bond acceptors (Lipinski definition) is 6. The van der Waals surface area contributed by atoms with Crippen molar-refractivity contribution >= 4 is 15.7 Å². The van der Waals surface area contributed by atoms with Gasteiger partial charge in [0.25, 0.3) is 5.69 Å². The Morgan fingerprint density at radius 2 is 1.96 bits per heavy atom. The highest BCUT2D eigenvalue weighted by Crippen LogP contribution is 2.25. The van der Waals surface area contributed by atoms with Crippen LogP contribution in [0.3, 0.4) is 0 Å². The van der Waals surface area contributed by atoms with Gasteiger partial charge in [-0.25, -0.2) is 8.42 Å². The number of ether oxygens (including phenoxy) is 1. The molecule has 0 spiro atoms. The molecule has 3 rings (SSSR count). The molecule has 8 nitrogen and oxygen atoms in total. The Kier molecular flexibility index (Phi) is 5.19. The van der Waals surface area contributed by atoms with E-state index in [1.165, 1.54) is 22.5 Å². The van der Waals surface area contributed by atoms with Crippen molar-refractivity contribution in [2.45, 2.75) is 30.8 Å². The van der Waals surface area contributed by atoms with E-state index in [2.05, 4.69) is 4.98 Å². The number of hydrogen-bond donors (Lipinski definition) is 0. The summed E-state index contributed by atoms with van der Waals surface area (Å²) in [5.41, 5.74) is 0.659. The zero-order valence-electron chi connectivity index (χ0n) is 14.2. The van der Waals surface area contributed by atoms with Gasteiger partial charge in [-0.3, -0.25) is 15.1 Å². The summed E-state index contributed by atoms with van der Waals surface area (Å²) in [6, 6.07) is 8.82. The Bertz CT molecular complexity index is 891. The molecule has 1 aromatic heterocycles. The molecule has 0 bridgehead atoms. The van der Waals surface area contributed by atoms with Crippen LogP contribution in [0.5, 0.6) is 5.75 Å². The highest BCUT2D eigenvalue weighted by atomic mass is 32.2. The van der Waals surface area contributed by atoms with Crippen LogP contribution < -0.4 is 4.74 Å². The lowest BCUT2D eigenvalue weighted by Gasteiger charge is -2.31. The fraction of sp³-hybridized carbons (Fsp3) is 0.353. The van der Waals surface area contributed by atoms with Gasteiger partial charge >= 0.3 is 0 Å². The third-order valence-electron chi connectivity index (χ3n) is 4.25.